The number of aliphatic imine (C=N–C) groups is 1. The maximum atomic E-state index is 5.68. The summed E-state index contributed by atoms with van der Waals surface area (Å²) in [6.45, 7) is 9.15. The Labute approximate surface area is 202 Å². The smallest absolute Gasteiger partial charge is 0.191 e. The van der Waals surface area contributed by atoms with Crippen molar-refractivity contribution in [2.45, 2.75) is 70.2 Å². The number of nitrogens with one attached hydrogen (secondary N) is 2. The molecule has 0 bridgehead atoms. The molecule has 1 aromatic heterocycles. The van der Waals surface area contributed by atoms with E-state index in [0.29, 0.717) is 12.6 Å². The SMILES string of the molecule is CCNC(=NCC1(N2CCCC2)CCOCC1)NC1CCc2nc(COC)nn2C1.I. The Morgan fingerprint density at radius 2 is 2.06 bits per heavy atom. The first-order valence-electron chi connectivity index (χ1n) is 11.5. The summed E-state index contributed by atoms with van der Waals surface area (Å²) in [5.74, 6) is 2.73. The molecule has 1 aromatic rings. The van der Waals surface area contributed by atoms with Crippen LogP contribution in [0.15, 0.2) is 4.99 Å². The van der Waals surface area contributed by atoms with Crippen LogP contribution in [0.5, 0.6) is 0 Å². The molecular formula is C21H38IN7O2. The average Bonchev–Trinajstić information content (AvgIpc) is 3.43. The summed E-state index contributed by atoms with van der Waals surface area (Å²) in [6, 6.07) is 0.296. The second-order valence-corrected chi connectivity index (χ2v) is 8.67. The molecule has 2 fully saturated rings. The van der Waals surface area contributed by atoms with E-state index in [4.69, 9.17) is 14.5 Å². The van der Waals surface area contributed by atoms with Gasteiger partial charge in [-0.2, -0.15) is 5.10 Å². The van der Waals surface area contributed by atoms with E-state index in [0.717, 1.165) is 76.1 Å². The van der Waals surface area contributed by atoms with Crippen LogP contribution in [0.3, 0.4) is 0 Å². The Morgan fingerprint density at radius 3 is 2.77 bits per heavy atom. The van der Waals surface area contributed by atoms with Crippen molar-refractivity contribution in [2.24, 2.45) is 4.99 Å². The normalized spacial score (nSPS) is 23.8. The van der Waals surface area contributed by atoms with Gasteiger partial charge in [-0.15, -0.1) is 24.0 Å². The molecule has 0 aromatic carbocycles. The number of likely N-dealkylation sites (tertiary alicyclic amines) is 1. The maximum Gasteiger partial charge on any atom is 0.191 e. The van der Waals surface area contributed by atoms with Crippen molar-refractivity contribution < 1.29 is 9.47 Å². The lowest BCUT2D eigenvalue weighted by molar-refractivity contribution is -0.0139. The van der Waals surface area contributed by atoms with Gasteiger partial charge in [0.2, 0.25) is 0 Å². The number of halogens is 1. The van der Waals surface area contributed by atoms with Crippen LogP contribution in [0, 0.1) is 0 Å². The van der Waals surface area contributed by atoms with Gasteiger partial charge in [-0.25, -0.2) is 9.67 Å². The van der Waals surface area contributed by atoms with E-state index in [1.807, 2.05) is 4.68 Å². The summed E-state index contributed by atoms with van der Waals surface area (Å²) in [7, 11) is 1.68. The van der Waals surface area contributed by atoms with Crippen LogP contribution in [0.2, 0.25) is 0 Å². The van der Waals surface area contributed by atoms with E-state index in [1.165, 1.54) is 25.9 Å². The van der Waals surface area contributed by atoms with Gasteiger partial charge in [0, 0.05) is 44.9 Å². The third-order valence-electron chi connectivity index (χ3n) is 6.59. The lowest BCUT2D eigenvalue weighted by Gasteiger charge is -2.43. The number of fused-ring (bicyclic) bond motifs is 1. The minimum atomic E-state index is 0. The van der Waals surface area contributed by atoms with Gasteiger partial charge in [-0.05, 0) is 52.1 Å². The Bertz CT molecular complexity index is 715. The van der Waals surface area contributed by atoms with Crippen LogP contribution < -0.4 is 10.6 Å². The highest BCUT2D eigenvalue weighted by molar-refractivity contribution is 14.0. The van der Waals surface area contributed by atoms with E-state index in [1.54, 1.807) is 7.11 Å². The van der Waals surface area contributed by atoms with Crippen molar-refractivity contribution in [3.05, 3.63) is 11.6 Å². The highest BCUT2D eigenvalue weighted by atomic mass is 127. The highest BCUT2D eigenvalue weighted by Crippen LogP contribution is 2.31. The molecular weight excluding hydrogens is 509 g/mol. The van der Waals surface area contributed by atoms with E-state index in [2.05, 4.69) is 32.5 Å². The molecule has 4 rings (SSSR count). The molecule has 2 N–H and O–H groups in total. The summed E-state index contributed by atoms with van der Waals surface area (Å²) in [4.78, 5) is 12.3. The predicted octanol–water partition coefficient (Wildman–Crippen LogP) is 1.56. The van der Waals surface area contributed by atoms with E-state index >= 15 is 0 Å². The monoisotopic (exact) mass is 547 g/mol. The molecule has 176 valence electrons. The van der Waals surface area contributed by atoms with Crippen LogP contribution in [-0.4, -0.2) is 83.7 Å². The summed E-state index contributed by atoms with van der Waals surface area (Å²) in [5, 5.41) is 11.7. The molecule has 3 aliphatic rings. The molecule has 31 heavy (non-hydrogen) atoms. The zero-order valence-electron chi connectivity index (χ0n) is 18.9. The minimum absolute atomic E-state index is 0. The van der Waals surface area contributed by atoms with Gasteiger partial charge in [0.1, 0.15) is 12.4 Å². The molecule has 2 saturated heterocycles. The standard InChI is InChI=1S/C21H37N7O2.HI/c1-3-22-20(23-16-21(8-12-30-13-9-21)27-10-4-5-11-27)24-17-6-7-19-25-18(15-29-2)26-28(19)14-17;/h17H,3-16H2,1-2H3,(H2,22,23,24);1H. The first kappa shape index (κ1) is 24.7. The van der Waals surface area contributed by atoms with Crippen molar-refractivity contribution in [3.8, 4) is 0 Å². The number of hydrogen-bond donors (Lipinski definition) is 2. The first-order valence-corrected chi connectivity index (χ1v) is 11.5. The third kappa shape index (κ3) is 6.08. The van der Waals surface area contributed by atoms with Crippen LogP contribution in [0.4, 0.5) is 0 Å². The number of nitrogens with zero attached hydrogens (tertiary/aromatic N) is 5. The van der Waals surface area contributed by atoms with E-state index in [9.17, 15) is 0 Å². The van der Waals surface area contributed by atoms with Crippen LogP contribution >= 0.6 is 24.0 Å². The summed E-state index contributed by atoms with van der Waals surface area (Å²) >= 11 is 0. The summed E-state index contributed by atoms with van der Waals surface area (Å²) in [6.07, 6.45) is 6.70. The van der Waals surface area contributed by atoms with Gasteiger partial charge in [0.05, 0.1) is 13.1 Å². The molecule has 1 unspecified atom stereocenters. The lowest BCUT2D eigenvalue weighted by atomic mass is 9.88. The quantitative estimate of drug-likeness (QED) is 0.304. The molecule has 0 spiro atoms. The lowest BCUT2D eigenvalue weighted by Crippen LogP contribution is -2.54. The van der Waals surface area contributed by atoms with Gasteiger partial charge in [-0.3, -0.25) is 9.89 Å². The molecule has 0 amide bonds. The first-order chi connectivity index (χ1) is 14.7. The van der Waals surface area contributed by atoms with Crippen LogP contribution in [-0.2, 0) is 29.0 Å². The average molecular weight is 547 g/mol. The van der Waals surface area contributed by atoms with E-state index in [-0.39, 0.29) is 29.5 Å². The fourth-order valence-corrected chi connectivity index (χ4v) is 4.93. The fourth-order valence-electron chi connectivity index (χ4n) is 4.93. The Balaban J connectivity index is 0.00000272. The number of ether oxygens (including phenoxy) is 2. The van der Waals surface area contributed by atoms with E-state index < -0.39 is 0 Å². The van der Waals surface area contributed by atoms with Crippen molar-refractivity contribution in [3.63, 3.8) is 0 Å². The van der Waals surface area contributed by atoms with Crippen molar-refractivity contribution in [2.75, 3.05) is 46.5 Å². The number of aromatic nitrogens is 3. The zero-order chi connectivity index (χ0) is 20.8. The van der Waals surface area contributed by atoms with Gasteiger partial charge in [0.15, 0.2) is 11.8 Å². The molecule has 0 saturated carbocycles. The summed E-state index contributed by atoms with van der Waals surface area (Å²) < 4.78 is 12.9. The van der Waals surface area contributed by atoms with Gasteiger partial charge >= 0.3 is 0 Å². The second kappa shape index (κ2) is 11.8. The van der Waals surface area contributed by atoms with Crippen molar-refractivity contribution in [1.82, 2.24) is 30.3 Å². The number of methoxy groups -OCH3 is 1. The van der Waals surface area contributed by atoms with Crippen molar-refractivity contribution >= 4 is 29.9 Å². The van der Waals surface area contributed by atoms with Crippen molar-refractivity contribution in [1.29, 1.82) is 0 Å². The topological polar surface area (TPSA) is 88.8 Å². The second-order valence-electron chi connectivity index (χ2n) is 8.67. The highest BCUT2D eigenvalue weighted by Gasteiger charge is 2.39. The Morgan fingerprint density at radius 1 is 1.29 bits per heavy atom. The van der Waals surface area contributed by atoms with Gasteiger partial charge in [-0.1, -0.05) is 0 Å². The van der Waals surface area contributed by atoms with Gasteiger partial charge < -0.3 is 20.1 Å². The maximum absolute atomic E-state index is 5.68. The largest absolute Gasteiger partial charge is 0.381 e. The molecule has 3 aliphatic heterocycles. The number of aryl methyl sites for hydroxylation is 1. The third-order valence-corrected chi connectivity index (χ3v) is 6.59. The molecule has 9 nitrogen and oxygen atoms in total. The predicted molar refractivity (Wildman–Crippen MR) is 131 cm³/mol. The Hall–Kier alpha value is -0.980. The number of guanidine groups is 1. The number of hydrogen-bond acceptors (Lipinski definition) is 6. The molecule has 1 atom stereocenters. The Kier molecular flexibility index (Phi) is 9.35. The van der Waals surface area contributed by atoms with Crippen LogP contribution in [0.1, 0.15) is 50.7 Å². The molecule has 0 aliphatic carbocycles. The fraction of sp³-hybridized carbons (Fsp3) is 0.857. The molecule has 10 heteroatoms. The number of rotatable bonds is 7. The van der Waals surface area contributed by atoms with Crippen LogP contribution in [0.25, 0.3) is 0 Å². The summed E-state index contributed by atoms with van der Waals surface area (Å²) in [5.41, 5.74) is 0.151. The molecule has 0 radical (unpaired) electrons. The zero-order valence-corrected chi connectivity index (χ0v) is 21.3. The molecule has 4 heterocycles. The minimum Gasteiger partial charge on any atom is -0.381 e. The van der Waals surface area contributed by atoms with Gasteiger partial charge in [0.25, 0.3) is 0 Å².